The minimum atomic E-state index is -2.35. The van der Waals surface area contributed by atoms with Crippen LogP contribution in [0.25, 0.3) is 0 Å². The standard InChI is InChI=1S/C32H43N7O2S/c1-20(2)26-16-27-32(4,19-41-26)25-17-33-31(34-23-11-12-24(21(3)15-23)22-13-14-38(5)18-22)36-30(25)39(27)29-10-8-9-28(35-29)37-42(6,7)40/h8-12,15,17,20,22,26-27H,13-14,16,18-19H2,1-7H3,(H,33,34,36)/t22-,26?,27+,32+/m0/s1. The summed E-state index contributed by atoms with van der Waals surface area (Å²) in [4.78, 5) is 19.4. The Morgan fingerprint density at radius 2 is 2.00 bits per heavy atom. The molecule has 1 unspecified atom stereocenters. The van der Waals surface area contributed by atoms with E-state index in [4.69, 9.17) is 19.7 Å². The van der Waals surface area contributed by atoms with E-state index in [1.807, 2.05) is 18.3 Å². The second-order valence-corrected chi connectivity index (χ2v) is 15.7. The number of nitrogens with one attached hydrogen (secondary N) is 1. The Kier molecular flexibility index (Phi) is 7.52. The van der Waals surface area contributed by atoms with Gasteiger partial charge >= 0.3 is 0 Å². The van der Waals surface area contributed by atoms with Crippen LogP contribution in [-0.4, -0.2) is 75.5 Å². The van der Waals surface area contributed by atoms with Crippen molar-refractivity contribution in [2.24, 2.45) is 10.3 Å². The van der Waals surface area contributed by atoms with Crippen LogP contribution in [0.15, 0.2) is 47.0 Å². The molecule has 0 aliphatic carbocycles. The van der Waals surface area contributed by atoms with E-state index in [1.54, 1.807) is 18.6 Å². The van der Waals surface area contributed by atoms with E-state index in [-0.39, 0.29) is 17.6 Å². The highest BCUT2D eigenvalue weighted by Crippen LogP contribution is 2.52. The SMILES string of the molecule is Cc1cc(Nc2ncc3c(n2)N(c2cccc(N=S(C)(C)=O)n2)[C@@H]2CC(C(C)C)OC[C@]32C)ccc1[C@H]1CCN(C)C1. The molecule has 3 aliphatic heterocycles. The van der Waals surface area contributed by atoms with Crippen LogP contribution in [0.4, 0.5) is 29.1 Å². The first-order chi connectivity index (χ1) is 19.9. The molecule has 5 heterocycles. The van der Waals surface area contributed by atoms with E-state index in [0.29, 0.717) is 30.2 Å². The summed E-state index contributed by atoms with van der Waals surface area (Å²) in [6.07, 6.45) is 7.37. The number of aromatic nitrogens is 3. The van der Waals surface area contributed by atoms with Gasteiger partial charge in [0.1, 0.15) is 11.6 Å². The van der Waals surface area contributed by atoms with Crippen molar-refractivity contribution >= 4 is 38.8 Å². The number of aryl methyl sites for hydroxylation is 1. The molecule has 0 saturated carbocycles. The Morgan fingerprint density at radius 3 is 2.69 bits per heavy atom. The van der Waals surface area contributed by atoms with Gasteiger partial charge < -0.3 is 19.9 Å². The Morgan fingerprint density at radius 1 is 1.19 bits per heavy atom. The maximum atomic E-state index is 12.5. The molecule has 0 radical (unpaired) electrons. The second kappa shape index (κ2) is 10.9. The molecule has 1 N–H and O–H groups in total. The maximum Gasteiger partial charge on any atom is 0.229 e. The molecule has 1 aromatic carbocycles. The van der Waals surface area contributed by atoms with E-state index in [9.17, 15) is 4.21 Å². The summed E-state index contributed by atoms with van der Waals surface area (Å²) in [5, 5.41) is 3.47. The number of fused-ring (bicyclic) bond motifs is 3. The number of likely N-dealkylation sites (N-methyl/N-ethyl adjacent to an activating group) is 1. The van der Waals surface area contributed by atoms with Crippen LogP contribution < -0.4 is 10.2 Å². The lowest BCUT2D eigenvalue weighted by Crippen LogP contribution is -2.52. The molecular formula is C32H43N7O2S. The van der Waals surface area contributed by atoms with Crippen molar-refractivity contribution in [2.75, 3.05) is 49.5 Å². The molecule has 6 rings (SSSR count). The molecule has 0 bridgehead atoms. The molecule has 9 nitrogen and oxygen atoms in total. The lowest BCUT2D eigenvalue weighted by atomic mass is 9.75. The van der Waals surface area contributed by atoms with Crippen LogP contribution in [0.3, 0.4) is 0 Å². The molecular weight excluding hydrogens is 546 g/mol. The summed E-state index contributed by atoms with van der Waals surface area (Å²) in [6.45, 7) is 11.7. The van der Waals surface area contributed by atoms with E-state index in [2.05, 4.69) is 72.4 Å². The van der Waals surface area contributed by atoms with Crippen LogP contribution in [0.5, 0.6) is 0 Å². The Bertz CT molecular complexity index is 1610. The smallest absolute Gasteiger partial charge is 0.229 e. The molecule has 0 spiro atoms. The Labute approximate surface area is 250 Å². The van der Waals surface area contributed by atoms with Crippen molar-refractivity contribution in [2.45, 2.75) is 64.0 Å². The van der Waals surface area contributed by atoms with Crippen molar-refractivity contribution in [3.63, 3.8) is 0 Å². The largest absolute Gasteiger partial charge is 0.377 e. The van der Waals surface area contributed by atoms with Crippen molar-refractivity contribution < 1.29 is 8.95 Å². The van der Waals surface area contributed by atoms with Gasteiger partial charge in [-0.3, -0.25) is 0 Å². The minimum Gasteiger partial charge on any atom is -0.377 e. The van der Waals surface area contributed by atoms with Gasteiger partial charge in [0.25, 0.3) is 0 Å². The Hall–Kier alpha value is -3.08. The maximum absolute atomic E-state index is 12.5. The number of nitrogens with zero attached hydrogens (tertiary/aromatic N) is 6. The van der Waals surface area contributed by atoms with Crippen LogP contribution >= 0.6 is 0 Å². The van der Waals surface area contributed by atoms with Crippen LogP contribution in [0.1, 0.15) is 56.2 Å². The number of pyridine rings is 1. The summed E-state index contributed by atoms with van der Waals surface area (Å²) in [5.41, 5.74) is 4.42. The highest BCUT2D eigenvalue weighted by atomic mass is 32.2. The third kappa shape index (κ3) is 5.52. The Balaban J connectivity index is 1.37. The van der Waals surface area contributed by atoms with Gasteiger partial charge in [-0.2, -0.15) is 9.35 Å². The summed E-state index contributed by atoms with van der Waals surface area (Å²) < 4.78 is 23.3. The molecule has 2 saturated heterocycles. The summed E-state index contributed by atoms with van der Waals surface area (Å²) in [7, 11) is -0.162. The molecule has 2 aromatic heterocycles. The zero-order valence-corrected chi connectivity index (χ0v) is 26.6. The van der Waals surface area contributed by atoms with Crippen molar-refractivity contribution in [1.29, 1.82) is 0 Å². The van der Waals surface area contributed by atoms with Crippen molar-refractivity contribution in [3.05, 3.63) is 59.3 Å². The zero-order valence-electron chi connectivity index (χ0n) is 25.8. The summed E-state index contributed by atoms with van der Waals surface area (Å²) in [6, 6.07) is 12.4. The minimum absolute atomic E-state index is 0.0830. The highest BCUT2D eigenvalue weighted by Gasteiger charge is 2.54. The van der Waals surface area contributed by atoms with Gasteiger partial charge in [-0.1, -0.05) is 32.9 Å². The van der Waals surface area contributed by atoms with Gasteiger partial charge in [-0.05, 0) is 80.6 Å². The van der Waals surface area contributed by atoms with Gasteiger partial charge in [-0.25, -0.2) is 14.2 Å². The monoisotopic (exact) mass is 589 g/mol. The molecule has 224 valence electrons. The first-order valence-corrected chi connectivity index (χ1v) is 17.2. The first-order valence-electron chi connectivity index (χ1n) is 14.9. The lowest BCUT2D eigenvalue weighted by molar-refractivity contribution is -0.0536. The second-order valence-electron chi connectivity index (χ2n) is 13.1. The fourth-order valence-corrected chi connectivity index (χ4v) is 7.38. The highest BCUT2D eigenvalue weighted by molar-refractivity contribution is 7.92. The van der Waals surface area contributed by atoms with Gasteiger partial charge in [0.2, 0.25) is 5.95 Å². The average molecular weight is 590 g/mol. The van der Waals surface area contributed by atoms with Gasteiger partial charge in [0.05, 0.1) is 18.8 Å². The average Bonchev–Trinajstić information content (AvgIpc) is 3.45. The normalized spacial score (nSPS) is 25.9. The molecule has 10 heteroatoms. The van der Waals surface area contributed by atoms with E-state index >= 15 is 0 Å². The lowest BCUT2D eigenvalue weighted by Gasteiger charge is -2.43. The molecule has 42 heavy (non-hydrogen) atoms. The third-order valence-corrected chi connectivity index (χ3v) is 9.72. The molecule has 3 aliphatic rings. The molecule has 4 atom stereocenters. The van der Waals surface area contributed by atoms with Gasteiger partial charge in [0.15, 0.2) is 5.82 Å². The van der Waals surface area contributed by atoms with E-state index < -0.39 is 9.73 Å². The zero-order chi connectivity index (χ0) is 29.8. The number of rotatable bonds is 6. The summed E-state index contributed by atoms with van der Waals surface area (Å²) >= 11 is 0. The number of benzene rings is 1. The van der Waals surface area contributed by atoms with Crippen LogP contribution in [-0.2, 0) is 19.9 Å². The van der Waals surface area contributed by atoms with Crippen LogP contribution in [0.2, 0.25) is 0 Å². The summed E-state index contributed by atoms with van der Waals surface area (Å²) in [5.74, 6) is 3.54. The topological polar surface area (TPSA) is 95.8 Å². The fourth-order valence-electron chi connectivity index (χ4n) is 6.82. The number of hydrogen-bond donors (Lipinski definition) is 1. The fraction of sp³-hybridized carbons (Fsp3) is 0.531. The predicted molar refractivity (Wildman–Crippen MR) is 170 cm³/mol. The number of anilines is 4. The number of likely N-dealkylation sites (tertiary alicyclic amines) is 1. The first kappa shape index (κ1) is 29.0. The molecule has 2 fully saturated rings. The number of ether oxygens (including phenoxy) is 1. The van der Waals surface area contributed by atoms with E-state index in [0.717, 1.165) is 42.4 Å². The van der Waals surface area contributed by atoms with Crippen molar-refractivity contribution in [3.8, 4) is 0 Å². The van der Waals surface area contributed by atoms with Crippen molar-refractivity contribution in [1.82, 2.24) is 19.9 Å². The predicted octanol–water partition coefficient (Wildman–Crippen LogP) is 5.92. The van der Waals surface area contributed by atoms with Gasteiger partial charge in [-0.15, -0.1) is 0 Å². The van der Waals surface area contributed by atoms with Gasteiger partial charge in [0, 0.05) is 51.6 Å². The molecule has 3 aromatic rings. The van der Waals surface area contributed by atoms with Crippen LogP contribution in [0, 0.1) is 12.8 Å². The quantitative estimate of drug-likeness (QED) is 0.378. The third-order valence-electron chi connectivity index (χ3n) is 9.09. The number of hydrogen-bond acceptors (Lipinski definition) is 9. The van der Waals surface area contributed by atoms with E-state index in [1.165, 1.54) is 17.5 Å². The molecule has 0 amide bonds.